The lowest BCUT2D eigenvalue weighted by molar-refractivity contribution is -0.135. The Morgan fingerprint density at radius 3 is 2.86 bits per heavy atom. The van der Waals surface area contributed by atoms with Crippen LogP contribution in [0.5, 0.6) is 0 Å². The van der Waals surface area contributed by atoms with Crippen molar-refractivity contribution in [1.29, 1.82) is 0 Å². The highest BCUT2D eigenvalue weighted by atomic mass is 35.5. The number of hydrogen-bond acceptors (Lipinski definition) is 3. The third-order valence-electron chi connectivity index (χ3n) is 3.62. The molecule has 1 fully saturated rings. The molecule has 0 unspecified atom stereocenters. The predicted molar refractivity (Wildman–Crippen MR) is 86.9 cm³/mol. The maximum Gasteiger partial charge on any atom is 0.259 e. The molecule has 22 heavy (non-hydrogen) atoms. The zero-order chi connectivity index (χ0) is 15.9. The summed E-state index contributed by atoms with van der Waals surface area (Å²) in [5.74, 6) is -0.249. The van der Waals surface area contributed by atoms with Crippen LogP contribution in [0.4, 0.5) is 0 Å². The van der Waals surface area contributed by atoms with Crippen LogP contribution in [0.3, 0.4) is 0 Å². The summed E-state index contributed by atoms with van der Waals surface area (Å²) in [6, 6.07) is 7.31. The number of amides is 2. The molecule has 0 radical (unpaired) electrons. The van der Waals surface area contributed by atoms with E-state index in [-0.39, 0.29) is 18.4 Å². The van der Waals surface area contributed by atoms with Crippen LogP contribution in [0, 0.1) is 0 Å². The van der Waals surface area contributed by atoms with Gasteiger partial charge in [-0.05, 0) is 25.8 Å². The Kier molecular flexibility index (Phi) is 5.95. The van der Waals surface area contributed by atoms with E-state index in [2.05, 4.69) is 10.5 Å². The Labute approximate surface area is 135 Å². The van der Waals surface area contributed by atoms with E-state index < -0.39 is 0 Å². The van der Waals surface area contributed by atoms with Gasteiger partial charge in [0.2, 0.25) is 5.91 Å². The van der Waals surface area contributed by atoms with Crippen LogP contribution < -0.4 is 5.43 Å². The van der Waals surface area contributed by atoms with Gasteiger partial charge in [-0.15, -0.1) is 0 Å². The monoisotopic (exact) mass is 321 g/mol. The third-order valence-corrected chi connectivity index (χ3v) is 3.95. The minimum Gasteiger partial charge on any atom is -0.333 e. The Hall–Kier alpha value is -1.88. The number of nitrogens with zero attached hydrogens (tertiary/aromatic N) is 2. The number of rotatable bonds is 4. The number of benzene rings is 1. The van der Waals surface area contributed by atoms with Crippen molar-refractivity contribution in [3.63, 3.8) is 0 Å². The van der Waals surface area contributed by atoms with Gasteiger partial charge in [0.25, 0.3) is 5.91 Å². The van der Waals surface area contributed by atoms with Gasteiger partial charge in [-0.2, -0.15) is 5.10 Å². The smallest absolute Gasteiger partial charge is 0.259 e. The SMILES string of the molecule is C/C(=N/NC(=O)CN1CCCCCC1=O)c1ccccc1Cl. The molecule has 6 heteroatoms. The lowest BCUT2D eigenvalue weighted by Gasteiger charge is -2.19. The summed E-state index contributed by atoms with van der Waals surface area (Å²) in [5.41, 5.74) is 3.89. The second-order valence-corrected chi connectivity index (χ2v) is 5.75. The summed E-state index contributed by atoms with van der Waals surface area (Å²) in [4.78, 5) is 25.4. The molecule has 0 spiro atoms. The van der Waals surface area contributed by atoms with Gasteiger partial charge < -0.3 is 4.90 Å². The van der Waals surface area contributed by atoms with Gasteiger partial charge in [0.05, 0.1) is 5.71 Å². The summed E-state index contributed by atoms with van der Waals surface area (Å²) in [6.07, 6.45) is 3.41. The normalized spacial score (nSPS) is 16.4. The average Bonchev–Trinajstić information content (AvgIpc) is 2.70. The molecule has 1 aromatic rings. The van der Waals surface area contributed by atoms with E-state index in [4.69, 9.17) is 11.6 Å². The molecule has 1 aromatic carbocycles. The Bertz CT molecular complexity index is 587. The number of carbonyl (C=O) groups is 2. The first-order valence-electron chi connectivity index (χ1n) is 7.43. The van der Waals surface area contributed by atoms with Gasteiger partial charge >= 0.3 is 0 Å². The molecule has 0 bridgehead atoms. The second kappa shape index (κ2) is 7.94. The number of nitrogens with one attached hydrogen (secondary N) is 1. The predicted octanol–water partition coefficient (Wildman–Crippen LogP) is 2.58. The van der Waals surface area contributed by atoms with Crippen molar-refractivity contribution in [1.82, 2.24) is 10.3 Å². The van der Waals surface area contributed by atoms with E-state index in [9.17, 15) is 9.59 Å². The fourth-order valence-corrected chi connectivity index (χ4v) is 2.65. The first kappa shape index (κ1) is 16.5. The first-order valence-corrected chi connectivity index (χ1v) is 7.81. The maximum absolute atomic E-state index is 11.9. The number of hydrogen-bond donors (Lipinski definition) is 1. The molecule has 1 heterocycles. The van der Waals surface area contributed by atoms with Gasteiger partial charge in [-0.3, -0.25) is 9.59 Å². The molecule has 0 aliphatic carbocycles. The van der Waals surface area contributed by atoms with Crippen molar-refractivity contribution in [3.05, 3.63) is 34.9 Å². The van der Waals surface area contributed by atoms with E-state index in [1.165, 1.54) is 0 Å². The minimum atomic E-state index is -0.290. The first-order chi connectivity index (χ1) is 10.6. The Balaban J connectivity index is 1.93. The fraction of sp³-hybridized carbons (Fsp3) is 0.438. The topological polar surface area (TPSA) is 61.8 Å². The molecule has 0 saturated carbocycles. The zero-order valence-corrected chi connectivity index (χ0v) is 13.4. The number of halogens is 1. The van der Waals surface area contributed by atoms with Crippen LogP contribution in [-0.2, 0) is 9.59 Å². The van der Waals surface area contributed by atoms with Gasteiger partial charge in [-0.25, -0.2) is 5.43 Å². The summed E-state index contributed by atoms with van der Waals surface area (Å²) >= 11 is 6.08. The summed E-state index contributed by atoms with van der Waals surface area (Å²) in [7, 11) is 0. The van der Waals surface area contributed by atoms with E-state index in [1.54, 1.807) is 17.9 Å². The quantitative estimate of drug-likeness (QED) is 0.684. The van der Waals surface area contributed by atoms with Crippen LogP contribution in [0.15, 0.2) is 29.4 Å². The highest BCUT2D eigenvalue weighted by molar-refractivity contribution is 6.34. The van der Waals surface area contributed by atoms with Crippen molar-refractivity contribution in [3.8, 4) is 0 Å². The molecule has 0 aromatic heterocycles. The summed E-state index contributed by atoms with van der Waals surface area (Å²) in [5, 5.41) is 4.65. The number of carbonyl (C=O) groups excluding carboxylic acids is 2. The van der Waals surface area contributed by atoms with Gasteiger partial charge in [0, 0.05) is 23.6 Å². The molecule has 5 nitrogen and oxygen atoms in total. The minimum absolute atomic E-state index is 0.0412. The van der Waals surface area contributed by atoms with E-state index >= 15 is 0 Å². The molecule has 2 amide bonds. The molecule has 1 saturated heterocycles. The largest absolute Gasteiger partial charge is 0.333 e. The van der Waals surface area contributed by atoms with E-state index in [0.29, 0.717) is 23.7 Å². The van der Waals surface area contributed by atoms with Crippen LogP contribution >= 0.6 is 11.6 Å². The van der Waals surface area contributed by atoms with Gasteiger partial charge in [0.15, 0.2) is 0 Å². The van der Waals surface area contributed by atoms with Crippen molar-refractivity contribution in [2.45, 2.75) is 32.6 Å². The lowest BCUT2D eigenvalue weighted by atomic mass is 10.1. The second-order valence-electron chi connectivity index (χ2n) is 5.34. The van der Waals surface area contributed by atoms with Crippen molar-refractivity contribution in [2.75, 3.05) is 13.1 Å². The molecular weight excluding hydrogens is 302 g/mol. The molecule has 0 atom stereocenters. The van der Waals surface area contributed by atoms with Crippen molar-refractivity contribution >= 4 is 29.1 Å². The van der Waals surface area contributed by atoms with Crippen LogP contribution in [0.2, 0.25) is 5.02 Å². The van der Waals surface area contributed by atoms with Crippen LogP contribution in [0.25, 0.3) is 0 Å². The van der Waals surface area contributed by atoms with Crippen molar-refractivity contribution in [2.24, 2.45) is 5.10 Å². The van der Waals surface area contributed by atoms with Gasteiger partial charge in [-0.1, -0.05) is 36.2 Å². The fourth-order valence-electron chi connectivity index (χ4n) is 2.38. The standard InChI is InChI=1S/C16H20ClN3O2/c1-12(13-7-4-5-8-14(13)17)18-19-15(21)11-20-10-6-2-3-9-16(20)22/h4-5,7-8H,2-3,6,9-11H2,1H3,(H,19,21)/b18-12-. The maximum atomic E-state index is 11.9. The van der Waals surface area contributed by atoms with Crippen LogP contribution in [-0.4, -0.2) is 35.5 Å². The summed E-state index contributed by atoms with van der Waals surface area (Å²) < 4.78 is 0. The molecule has 1 N–H and O–H groups in total. The third kappa shape index (κ3) is 4.56. The molecule has 1 aliphatic rings. The Morgan fingerprint density at radius 1 is 1.32 bits per heavy atom. The number of hydrazone groups is 1. The highest BCUT2D eigenvalue weighted by Crippen LogP contribution is 2.15. The Morgan fingerprint density at radius 2 is 2.09 bits per heavy atom. The summed E-state index contributed by atoms with van der Waals surface area (Å²) in [6.45, 7) is 2.47. The average molecular weight is 322 g/mol. The van der Waals surface area contributed by atoms with Crippen LogP contribution in [0.1, 0.15) is 38.2 Å². The van der Waals surface area contributed by atoms with E-state index in [1.807, 2.05) is 18.2 Å². The zero-order valence-electron chi connectivity index (χ0n) is 12.6. The molecule has 1 aliphatic heterocycles. The number of likely N-dealkylation sites (tertiary alicyclic amines) is 1. The molecule has 118 valence electrons. The van der Waals surface area contributed by atoms with Gasteiger partial charge in [0.1, 0.15) is 6.54 Å². The van der Waals surface area contributed by atoms with Crippen molar-refractivity contribution < 1.29 is 9.59 Å². The highest BCUT2D eigenvalue weighted by Gasteiger charge is 2.19. The molecular formula is C16H20ClN3O2. The molecule has 2 rings (SSSR count). The lowest BCUT2D eigenvalue weighted by Crippen LogP contribution is -2.39. The van der Waals surface area contributed by atoms with E-state index in [0.717, 1.165) is 24.8 Å².